The topological polar surface area (TPSA) is 66.4 Å². The normalized spacial score (nSPS) is 12.5. The van der Waals surface area contributed by atoms with Gasteiger partial charge in [0.15, 0.2) is 0 Å². The molecule has 0 unspecified atom stereocenters. The van der Waals surface area contributed by atoms with Crippen molar-refractivity contribution in [2.75, 3.05) is 5.32 Å². The predicted molar refractivity (Wildman–Crippen MR) is 90.7 cm³/mol. The molecule has 0 heterocycles. The Morgan fingerprint density at radius 3 is 2.35 bits per heavy atom. The van der Waals surface area contributed by atoms with Gasteiger partial charge in [0.25, 0.3) is 0 Å². The van der Waals surface area contributed by atoms with Crippen molar-refractivity contribution in [3.63, 3.8) is 0 Å². The second kappa shape index (κ2) is 8.03. The van der Waals surface area contributed by atoms with Crippen LogP contribution in [0.25, 0.3) is 0 Å². The fourth-order valence-corrected chi connectivity index (χ4v) is 2.49. The van der Waals surface area contributed by atoms with Crippen LogP contribution in [0.5, 0.6) is 0 Å². The highest BCUT2D eigenvalue weighted by molar-refractivity contribution is 5.94. The van der Waals surface area contributed by atoms with E-state index in [1.807, 2.05) is 19.1 Å². The Morgan fingerprint density at radius 1 is 1.12 bits per heavy atom. The molecule has 0 aliphatic rings. The summed E-state index contributed by atoms with van der Waals surface area (Å²) in [5, 5.41) is 11.4. The predicted octanol–water partition coefficient (Wildman–Crippen LogP) is 4.29. The fraction of sp³-hybridized carbons (Fsp3) is 0.263. The lowest BCUT2D eigenvalue weighted by atomic mass is 9.94. The van der Waals surface area contributed by atoms with Gasteiger partial charge in [-0.15, -0.1) is 0 Å². The number of carboxylic acids is 1. The number of benzene rings is 2. The van der Waals surface area contributed by atoms with Crippen LogP contribution in [0, 0.1) is 12.8 Å². The lowest BCUT2D eigenvalue weighted by Crippen LogP contribution is -2.27. The molecule has 0 aliphatic heterocycles. The summed E-state index contributed by atoms with van der Waals surface area (Å²) in [6, 6.07) is 11.5. The summed E-state index contributed by atoms with van der Waals surface area (Å²) in [5.74, 6) is -2.68. The molecule has 2 aromatic rings. The van der Waals surface area contributed by atoms with E-state index in [-0.39, 0.29) is 12.1 Å². The molecule has 0 aliphatic carbocycles. The van der Waals surface area contributed by atoms with Crippen LogP contribution in [0.3, 0.4) is 0 Å². The van der Waals surface area contributed by atoms with E-state index in [4.69, 9.17) is 5.11 Å². The zero-order valence-corrected chi connectivity index (χ0v) is 14.0. The van der Waals surface area contributed by atoms with Crippen molar-refractivity contribution in [1.29, 1.82) is 0 Å². The number of aliphatic carboxylic acids is 1. The van der Waals surface area contributed by atoms with E-state index in [0.717, 1.165) is 23.3 Å². The van der Waals surface area contributed by atoms with E-state index >= 15 is 0 Å². The fourth-order valence-electron chi connectivity index (χ4n) is 2.49. The Morgan fingerprint density at radius 2 is 1.77 bits per heavy atom. The Bertz CT molecular complexity index is 785. The summed E-state index contributed by atoms with van der Waals surface area (Å²) < 4.78 is 38.3. The van der Waals surface area contributed by atoms with Gasteiger partial charge >= 0.3 is 12.1 Å². The van der Waals surface area contributed by atoms with E-state index in [1.54, 1.807) is 12.1 Å². The first-order valence-corrected chi connectivity index (χ1v) is 7.90. The number of nitrogens with one attached hydrogen (secondary N) is 1. The summed E-state index contributed by atoms with van der Waals surface area (Å²) in [6.07, 6.45) is -4.76. The number of amides is 1. The first-order chi connectivity index (χ1) is 12.1. The summed E-state index contributed by atoms with van der Waals surface area (Å²) in [7, 11) is 0. The van der Waals surface area contributed by atoms with Crippen LogP contribution in [-0.2, 0) is 22.2 Å². The van der Waals surface area contributed by atoms with Gasteiger partial charge in [-0.25, -0.2) is 0 Å². The highest BCUT2D eigenvalue weighted by atomic mass is 19.4. The van der Waals surface area contributed by atoms with Gasteiger partial charge in [-0.05, 0) is 37.1 Å². The molecular weight excluding hydrogens is 347 g/mol. The molecule has 138 valence electrons. The van der Waals surface area contributed by atoms with E-state index < -0.39 is 36.0 Å². The molecule has 0 fully saturated rings. The number of alkyl halides is 3. The maximum absolute atomic E-state index is 12.8. The number of carbonyl (C=O) groups is 2. The van der Waals surface area contributed by atoms with Crippen molar-refractivity contribution in [3.05, 3.63) is 65.2 Å². The van der Waals surface area contributed by atoms with Gasteiger partial charge in [0.05, 0.1) is 17.9 Å². The van der Waals surface area contributed by atoms with Gasteiger partial charge < -0.3 is 10.4 Å². The van der Waals surface area contributed by atoms with Crippen LogP contribution in [0.4, 0.5) is 18.9 Å². The monoisotopic (exact) mass is 365 g/mol. The van der Waals surface area contributed by atoms with Crippen molar-refractivity contribution >= 4 is 17.6 Å². The largest absolute Gasteiger partial charge is 0.481 e. The molecule has 0 aromatic heterocycles. The minimum atomic E-state index is -4.52. The SMILES string of the molecule is Cc1ccc(C[C@H](CC(=O)O)C(=O)Nc2cccc(C(F)(F)F)c2)cc1. The highest BCUT2D eigenvalue weighted by Crippen LogP contribution is 2.30. The molecule has 0 radical (unpaired) electrons. The van der Waals surface area contributed by atoms with Crippen molar-refractivity contribution in [1.82, 2.24) is 0 Å². The molecule has 2 rings (SSSR count). The standard InChI is InChI=1S/C19H18F3NO3/c1-12-5-7-13(8-6-12)9-14(10-17(24)25)18(26)23-16-4-2-3-15(11-16)19(20,21)22/h2-8,11,14H,9-10H2,1H3,(H,23,26)(H,24,25)/t14-/m1/s1. The van der Waals surface area contributed by atoms with E-state index in [9.17, 15) is 22.8 Å². The van der Waals surface area contributed by atoms with Crippen LogP contribution >= 0.6 is 0 Å². The Kier molecular flexibility index (Phi) is 6.02. The number of hydrogen-bond donors (Lipinski definition) is 2. The molecule has 1 atom stereocenters. The third-order valence-corrected chi connectivity index (χ3v) is 3.85. The Labute approximate surface area is 148 Å². The number of carbonyl (C=O) groups excluding carboxylic acids is 1. The second-order valence-electron chi connectivity index (χ2n) is 6.05. The molecule has 26 heavy (non-hydrogen) atoms. The third kappa shape index (κ3) is 5.61. The molecule has 2 aromatic carbocycles. The zero-order chi connectivity index (χ0) is 19.3. The number of rotatable bonds is 6. The van der Waals surface area contributed by atoms with Crippen molar-refractivity contribution < 1.29 is 27.9 Å². The molecule has 0 spiro atoms. The average molecular weight is 365 g/mol. The summed E-state index contributed by atoms with van der Waals surface area (Å²) in [6.45, 7) is 1.90. The average Bonchev–Trinajstić information content (AvgIpc) is 2.55. The molecule has 7 heteroatoms. The van der Waals surface area contributed by atoms with Gasteiger partial charge in [0.1, 0.15) is 0 Å². The number of aryl methyl sites for hydroxylation is 1. The van der Waals surface area contributed by atoms with Gasteiger partial charge in [0.2, 0.25) is 5.91 Å². The number of carboxylic acid groups (broad SMARTS) is 1. The van der Waals surface area contributed by atoms with Crippen LogP contribution in [0.1, 0.15) is 23.1 Å². The quantitative estimate of drug-likeness (QED) is 0.803. The first-order valence-electron chi connectivity index (χ1n) is 7.90. The highest BCUT2D eigenvalue weighted by Gasteiger charge is 2.31. The molecule has 0 bridgehead atoms. The third-order valence-electron chi connectivity index (χ3n) is 3.85. The van der Waals surface area contributed by atoms with E-state index in [1.165, 1.54) is 12.1 Å². The summed E-state index contributed by atoms with van der Waals surface area (Å²) in [5.41, 5.74) is 0.894. The maximum Gasteiger partial charge on any atom is 0.416 e. The number of hydrogen-bond acceptors (Lipinski definition) is 2. The molecular formula is C19H18F3NO3. The minimum Gasteiger partial charge on any atom is -0.481 e. The van der Waals surface area contributed by atoms with Crippen LogP contribution in [0.2, 0.25) is 0 Å². The smallest absolute Gasteiger partial charge is 0.416 e. The first kappa shape index (κ1) is 19.5. The van der Waals surface area contributed by atoms with Crippen molar-refractivity contribution in [2.45, 2.75) is 25.9 Å². The van der Waals surface area contributed by atoms with Gasteiger partial charge in [-0.1, -0.05) is 35.9 Å². The molecule has 4 nitrogen and oxygen atoms in total. The van der Waals surface area contributed by atoms with Crippen LogP contribution < -0.4 is 5.32 Å². The summed E-state index contributed by atoms with van der Waals surface area (Å²) >= 11 is 0. The number of anilines is 1. The van der Waals surface area contributed by atoms with Gasteiger partial charge in [-0.3, -0.25) is 9.59 Å². The van der Waals surface area contributed by atoms with Gasteiger partial charge in [0, 0.05) is 5.69 Å². The van der Waals surface area contributed by atoms with E-state index in [2.05, 4.69) is 5.32 Å². The van der Waals surface area contributed by atoms with Crippen molar-refractivity contribution in [2.24, 2.45) is 5.92 Å². The van der Waals surface area contributed by atoms with Crippen LogP contribution in [0.15, 0.2) is 48.5 Å². The molecule has 0 saturated carbocycles. The minimum absolute atomic E-state index is 0.0240. The van der Waals surface area contributed by atoms with Crippen molar-refractivity contribution in [3.8, 4) is 0 Å². The molecule has 0 saturated heterocycles. The van der Waals surface area contributed by atoms with Gasteiger partial charge in [-0.2, -0.15) is 13.2 Å². The zero-order valence-electron chi connectivity index (χ0n) is 14.0. The van der Waals surface area contributed by atoms with E-state index in [0.29, 0.717) is 0 Å². The molecule has 2 N–H and O–H groups in total. The second-order valence-corrected chi connectivity index (χ2v) is 6.05. The van der Waals surface area contributed by atoms with Crippen LogP contribution in [-0.4, -0.2) is 17.0 Å². The Balaban J connectivity index is 2.16. The Hall–Kier alpha value is -2.83. The molecule has 1 amide bonds. The lowest BCUT2D eigenvalue weighted by molar-refractivity contribution is -0.140. The number of halogens is 3. The lowest BCUT2D eigenvalue weighted by Gasteiger charge is -2.16. The summed E-state index contributed by atoms with van der Waals surface area (Å²) in [4.78, 5) is 23.5. The maximum atomic E-state index is 12.8.